The number of benzene rings is 2. The number of oxime groups is 1. The number of nitrogens with zero attached hydrogens (tertiary/aromatic N) is 1. The Morgan fingerprint density at radius 1 is 1.10 bits per heavy atom. The minimum Gasteiger partial charge on any atom is -0.489 e. The van der Waals surface area contributed by atoms with Crippen molar-refractivity contribution >= 4 is 33.7 Å². The first-order valence-corrected chi connectivity index (χ1v) is 7.35. The molecule has 2 aromatic rings. The minimum atomic E-state index is 0.385. The summed E-state index contributed by atoms with van der Waals surface area (Å²) in [5.41, 5.74) is 0.768. The molecule has 0 saturated heterocycles. The SMILES string of the molecule is ON=Cc1ccc(OCCOc2ccccc2Cl)c(Br)c1. The summed E-state index contributed by atoms with van der Waals surface area (Å²) in [4.78, 5) is 0. The maximum Gasteiger partial charge on any atom is 0.138 e. The van der Waals surface area contributed by atoms with Gasteiger partial charge in [-0.15, -0.1) is 0 Å². The van der Waals surface area contributed by atoms with Crippen molar-refractivity contribution in [3.8, 4) is 11.5 Å². The molecule has 0 saturated carbocycles. The van der Waals surface area contributed by atoms with Crippen LogP contribution in [0.1, 0.15) is 5.56 Å². The molecule has 0 aliphatic heterocycles. The highest BCUT2D eigenvalue weighted by Crippen LogP contribution is 2.26. The fourth-order valence-corrected chi connectivity index (χ4v) is 2.35. The predicted octanol–water partition coefficient (Wildman–Crippen LogP) is 4.37. The smallest absolute Gasteiger partial charge is 0.138 e. The molecule has 0 spiro atoms. The van der Waals surface area contributed by atoms with E-state index in [1.165, 1.54) is 6.21 Å². The number of rotatable bonds is 6. The molecule has 2 rings (SSSR count). The summed E-state index contributed by atoms with van der Waals surface area (Å²) in [5, 5.41) is 12.0. The van der Waals surface area contributed by atoms with Gasteiger partial charge in [-0.3, -0.25) is 0 Å². The Hall–Kier alpha value is -1.72. The molecule has 0 bridgehead atoms. The Balaban J connectivity index is 1.85. The molecule has 0 aromatic heterocycles. The lowest BCUT2D eigenvalue weighted by molar-refractivity contribution is 0.216. The standard InChI is InChI=1S/C15H13BrClNO3/c16-12-9-11(10-18-19)5-6-14(12)20-7-8-21-15-4-2-1-3-13(15)17/h1-6,9-10,19H,7-8H2. The van der Waals surface area contributed by atoms with Crippen LogP contribution in [0.5, 0.6) is 11.5 Å². The second kappa shape index (κ2) is 7.90. The van der Waals surface area contributed by atoms with Crippen molar-refractivity contribution in [3.05, 3.63) is 57.5 Å². The summed E-state index contributed by atoms with van der Waals surface area (Å²) < 4.78 is 11.9. The topological polar surface area (TPSA) is 51.1 Å². The van der Waals surface area contributed by atoms with Crippen molar-refractivity contribution in [3.63, 3.8) is 0 Å². The Morgan fingerprint density at radius 3 is 2.48 bits per heavy atom. The zero-order chi connectivity index (χ0) is 15.1. The van der Waals surface area contributed by atoms with E-state index < -0.39 is 0 Å². The van der Waals surface area contributed by atoms with Gasteiger partial charge in [-0.1, -0.05) is 28.9 Å². The maximum atomic E-state index is 8.48. The van der Waals surface area contributed by atoms with Crippen molar-refractivity contribution in [1.82, 2.24) is 0 Å². The highest BCUT2D eigenvalue weighted by Gasteiger charge is 2.03. The second-order valence-corrected chi connectivity index (χ2v) is 5.32. The van der Waals surface area contributed by atoms with Gasteiger partial charge in [0.25, 0.3) is 0 Å². The maximum absolute atomic E-state index is 8.48. The van der Waals surface area contributed by atoms with Gasteiger partial charge in [0.2, 0.25) is 0 Å². The number of ether oxygens (including phenoxy) is 2. The van der Waals surface area contributed by atoms with Gasteiger partial charge in [-0.2, -0.15) is 0 Å². The quantitative estimate of drug-likeness (QED) is 0.355. The molecule has 0 radical (unpaired) electrons. The Morgan fingerprint density at radius 2 is 1.81 bits per heavy atom. The van der Waals surface area contributed by atoms with E-state index in [2.05, 4.69) is 21.1 Å². The van der Waals surface area contributed by atoms with E-state index in [0.717, 1.165) is 10.0 Å². The summed E-state index contributed by atoms with van der Waals surface area (Å²) in [6, 6.07) is 12.7. The van der Waals surface area contributed by atoms with Crippen LogP contribution in [0.4, 0.5) is 0 Å². The van der Waals surface area contributed by atoms with E-state index in [9.17, 15) is 0 Å². The third-order valence-corrected chi connectivity index (χ3v) is 3.53. The molecule has 0 amide bonds. The Bertz CT molecular complexity index is 634. The minimum absolute atomic E-state index is 0.385. The van der Waals surface area contributed by atoms with E-state index in [-0.39, 0.29) is 0 Å². The van der Waals surface area contributed by atoms with Crippen LogP contribution < -0.4 is 9.47 Å². The summed E-state index contributed by atoms with van der Waals surface area (Å²) in [6.07, 6.45) is 1.34. The lowest BCUT2D eigenvalue weighted by atomic mass is 10.2. The first-order chi connectivity index (χ1) is 10.2. The predicted molar refractivity (Wildman–Crippen MR) is 86.0 cm³/mol. The van der Waals surface area contributed by atoms with Gasteiger partial charge < -0.3 is 14.7 Å². The fraction of sp³-hybridized carbons (Fsp3) is 0.133. The molecular formula is C15H13BrClNO3. The van der Waals surface area contributed by atoms with Crippen molar-refractivity contribution in [2.45, 2.75) is 0 Å². The molecule has 4 nitrogen and oxygen atoms in total. The molecule has 6 heteroatoms. The van der Waals surface area contributed by atoms with Gasteiger partial charge in [-0.05, 0) is 51.8 Å². The van der Waals surface area contributed by atoms with Crippen LogP contribution in [-0.4, -0.2) is 24.6 Å². The average molecular weight is 371 g/mol. The summed E-state index contributed by atoms with van der Waals surface area (Å²) in [7, 11) is 0. The summed E-state index contributed by atoms with van der Waals surface area (Å²) >= 11 is 9.38. The van der Waals surface area contributed by atoms with E-state index in [1.54, 1.807) is 30.3 Å². The van der Waals surface area contributed by atoms with Crippen molar-refractivity contribution in [2.24, 2.45) is 5.16 Å². The largest absolute Gasteiger partial charge is 0.489 e. The average Bonchev–Trinajstić information content (AvgIpc) is 2.47. The van der Waals surface area contributed by atoms with Gasteiger partial charge >= 0.3 is 0 Å². The van der Waals surface area contributed by atoms with Crippen LogP contribution in [0.2, 0.25) is 5.02 Å². The van der Waals surface area contributed by atoms with Crippen molar-refractivity contribution in [2.75, 3.05) is 13.2 Å². The molecule has 0 aliphatic carbocycles. The third kappa shape index (κ3) is 4.65. The zero-order valence-electron chi connectivity index (χ0n) is 11.0. The van der Waals surface area contributed by atoms with Gasteiger partial charge in [0.05, 0.1) is 15.7 Å². The number of halogens is 2. The number of para-hydroxylation sites is 1. The van der Waals surface area contributed by atoms with Crippen LogP contribution in [0.25, 0.3) is 0 Å². The van der Waals surface area contributed by atoms with Crippen LogP contribution in [-0.2, 0) is 0 Å². The van der Waals surface area contributed by atoms with Crippen LogP contribution in [0.15, 0.2) is 52.1 Å². The number of hydrogen-bond donors (Lipinski definition) is 1. The highest BCUT2D eigenvalue weighted by molar-refractivity contribution is 9.10. The van der Waals surface area contributed by atoms with E-state index in [4.69, 9.17) is 26.3 Å². The molecule has 0 atom stereocenters. The van der Waals surface area contributed by atoms with Gasteiger partial charge in [-0.25, -0.2) is 0 Å². The van der Waals surface area contributed by atoms with Gasteiger partial charge in [0.1, 0.15) is 24.7 Å². The molecule has 0 fully saturated rings. The van der Waals surface area contributed by atoms with Crippen molar-refractivity contribution < 1.29 is 14.7 Å². The monoisotopic (exact) mass is 369 g/mol. The molecule has 0 heterocycles. The van der Waals surface area contributed by atoms with E-state index in [0.29, 0.717) is 29.7 Å². The normalized spacial score (nSPS) is 10.8. The first-order valence-electron chi connectivity index (χ1n) is 6.18. The third-order valence-electron chi connectivity index (χ3n) is 2.60. The van der Waals surface area contributed by atoms with Crippen molar-refractivity contribution in [1.29, 1.82) is 0 Å². The van der Waals surface area contributed by atoms with E-state index in [1.807, 2.05) is 12.1 Å². The second-order valence-electron chi connectivity index (χ2n) is 4.06. The van der Waals surface area contributed by atoms with E-state index >= 15 is 0 Å². The van der Waals surface area contributed by atoms with Crippen LogP contribution >= 0.6 is 27.5 Å². The lowest BCUT2D eigenvalue weighted by Crippen LogP contribution is -2.09. The molecular weight excluding hydrogens is 358 g/mol. The first kappa shape index (κ1) is 15.7. The molecule has 21 heavy (non-hydrogen) atoms. The highest BCUT2D eigenvalue weighted by atomic mass is 79.9. The summed E-state index contributed by atoms with van der Waals surface area (Å²) in [5.74, 6) is 1.32. The van der Waals surface area contributed by atoms with Gasteiger partial charge in [0, 0.05) is 0 Å². The molecule has 0 unspecified atom stereocenters. The van der Waals surface area contributed by atoms with Gasteiger partial charge in [0.15, 0.2) is 0 Å². The lowest BCUT2D eigenvalue weighted by Gasteiger charge is -2.10. The molecule has 2 aromatic carbocycles. The van der Waals surface area contributed by atoms with Crippen LogP contribution in [0.3, 0.4) is 0 Å². The molecule has 1 N–H and O–H groups in total. The number of hydrogen-bond acceptors (Lipinski definition) is 4. The zero-order valence-corrected chi connectivity index (χ0v) is 13.3. The molecule has 0 aliphatic rings. The molecule has 110 valence electrons. The summed E-state index contributed by atoms with van der Waals surface area (Å²) in [6.45, 7) is 0.771. The fourth-order valence-electron chi connectivity index (χ4n) is 1.65. The Labute approximate surface area is 136 Å². The van der Waals surface area contributed by atoms with Crippen LogP contribution in [0, 0.1) is 0 Å². The Kier molecular flexibility index (Phi) is 5.90.